The van der Waals surface area contributed by atoms with E-state index < -0.39 is 102 Å². The quantitative estimate of drug-likeness (QED) is 0.0114. The van der Waals surface area contributed by atoms with Crippen LogP contribution in [0.2, 0.25) is 0 Å². The van der Waals surface area contributed by atoms with Crippen molar-refractivity contribution in [1.82, 2.24) is 25.8 Å². The maximum absolute atomic E-state index is 13.3. The second-order valence-corrected chi connectivity index (χ2v) is 15.1. The van der Waals surface area contributed by atoms with Gasteiger partial charge >= 0.3 is 64.1 Å². The number of thioether (sulfide) groups is 2. The summed E-state index contributed by atoms with van der Waals surface area (Å²) in [5, 5.41) is 43.4. The van der Waals surface area contributed by atoms with Crippen molar-refractivity contribution in [2.75, 3.05) is 45.4 Å². The molecule has 1 unspecified atom stereocenters. The van der Waals surface area contributed by atoms with Crippen molar-refractivity contribution < 1.29 is 105 Å². The topological polar surface area (TPSA) is 341 Å². The number of likely N-dealkylation sites (N-methyl/N-ethyl adjacent to an activating group) is 3. The molecule has 60 heavy (non-hydrogen) atoms. The monoisotopic (exact) mass is 978 g/mol. The number of carbonyl (C=O) groups is 11. The number of hydrogen-bond acceptors (Lipinski definition) is 16. The number of likely N-dealkylation sites (tertiary alicyclic amines) is 1. The van der Waals surface area contributed by atoms with E-state index in [9.17, 15) is 68.1 Å². The third kappa shape index (κ3) is 19.6. The Morgan fingerprint density at radius 1 is 0.917 bits per heavy atom. The van der Waals surface area contributed by atoms with E-state index in [0.717, 1.165) is 45.0 Å². The first kappa shape index (κ1) is 55.3. The van der Waals surface area contributed by atoms with Gasteiger partial charge in [0, 0.05) is 50.8 Å². The summed E-state index contributed by atoms with van der Waals surface area (Å²) in [6.07, 6.45) is -0.197. The number of carbonyl (C=O) groups excluding carboxylic acids is 7. The van der Waals surface area contributed by atoms with Gasteiger partial charge in [0.2, 0.25) is 11.8 Å². The summed E-state index contributed by atoms with van der Waals surface area (Å²) >= 11 is 2.91. The minimum absolute atomic E-state index is 0.00771. The molecule has 23 nitrogen and oxygen atoms in total. The molecular formula is C34H51N6O17S2Tc+. The average Bonchev–Trinajstić information content (AvgIpc) is 3.46. The molecule has 1 aliphatic rings. The Morgan fingerprint density at radius 3 is 2.10 bits per heavy atom. The zero-order valence-corrected chi connectivity index (χ0v) is 36.8. The molecule has 0 radical (unpaired) electrons. The van der Waals surface area contributed by atoms with Crippen molar-refractivity contribution in [2.24, 2.45) is 0 Å². The van der Waals surface area contributed by atoms with Crippen LogP contribution in [0.15, 0.2) is 0 Å². The fraction of sp³-hybridized carbons (Fsp3) is 0.647. The van der Waals surface area contributed by atoms with Crippen LogP contribution in [0, 0.1) is 0 Å². The van der Waals surface area contributed by atoms with E-state index in [-0.39, 0.29) is 62.4 Å². The van der Waals surface area contributed by atoms with Crippen LogP contribution >= 0.6 is 23.5 Å². The van der Waals surface area contributed by atoms with Gasteiger partial charge in [0.25, 0.3) is 12.2 Å². The van der Waals surface area contributed by atoms with E-state index >= 15 is 0 Å². The van der Waals surface area contributed by atoms with Crippen molar-refractivity contribution >= 4 is 95.0 Å². The molecule has 26 heteroatoms. The van der Waals surface area contributed by atoms with Crippen LogP contribution in [0.1, 0.15) is 64.2 Å². The zero-order chi connectivity index (χ0) is 46.1. The van der Waals surface area contributed by atoms with Crippen LogP contribution in [0.3, 0.4) is 0 Å². The molecule has 0 bridgehead atoms. The van der Waals surface area contributed by atoms with E-state index in [0.29, 0.717) is 19.3 Å². The number of unbranched alkanes of at least 4 members (excludes halogenated alkanes) is 2. The van der Waals surface area contributed by atoms with Gasteiger partial charge in [-0.3, -0.25) is 38.5 Å². The number of urea groups is 1. The third-order valence-corrected chi connectivity index (χ3v) is 10.7. The van der Waals surface area contributed by atoms with Crippen LogP contribution in [-0.2, 0) is 75.0 Å². The Morgan fingerprint density at radius 2 is 1.57 bits per heavy atom. The first-order chi connectivity index (χ1) is 28.3. The Labute approximate surface area is 363 Å². The number of nitrogens with one attached hydrogen (secondary N) is 3. The van der Waals surface area contributed by atoms with Crippen LogP contribution in [0.25, 0.3) is 0 Å². The minimum atomic E-state index is -1.52. The zero-order valence-electron chi connectivity index (χ0n) is 33.3. The first-order valence-electron chi connectivity index (χ1n) is 18.0. The molecule has 0 saturated carbocycles. The molecule has 7 N–H and O–H groups in total. The van der Waals surface area contributed by atoms with Crippen molar-refractivity contribution in [3.63, 3.8) is 0 Å². The molecule has 1 saturated heterocycles. The SMILES string of the molecule is CN[C@@H](CCC(=O)CCCCCN1C(=O)CC(SC[C@H](NC(=O)N[C@@H](CCC(=O)O)OC=O)C(=O)O)C1=O)C(=O)[N+](C)=C(CC(=O)O)C(=O)N(C)[C@@H](CSC)C(=O)O.[O]=[99Tc]. The Bertz CT molecular complexity index is 1620. The molecule has 0 spiro atoms. The van der Waals surface area contributed by atoms with Crippen molar-refractivity contribution in [2.45, 2.75) is 93.8 Å². The summed E-state index contributed by atoms with van der Waals surface area (Å²) in [4.78, 5) is 135. The Kier molecular flexibility index (Phi) is 27.3. The number of nitrogens with zero attached hydrogens (tertiary/aromatic N) is 3. The fourth-order valence-electron chi connectivity index (χ4n) is 5.54. The fourth-order valence-corrected chi connectivity index (χ4v) is 7.40. The van der Waals surface area contributed by atoms with Gasteiger partial charge in [0.15, 0.2) is 6.23 Å². The van der Waals surface area contributed by atoms with Crippen LogP contribution in [-0.4, -0.2) is 181 Å². The summed E-state index contributed by atoms with van der Waals surface area (Å²) in [6, 6.07) is -4.85. The number of rotatable bonds is 29. The van der Waals surface area contributed by atoms with Gasteiger partial charge in [0.1, 0.15) is 37.4 Å². The van der Waals surface area contributed by atoms with Gasteiger partial charge in [-0.2, -0.15) is 16.3 Å². The summed E-state index contributed by atoms with van der Waals surface area (Å²) < 4.78 is 13.7. The van der Waals surface area contributed by atoms with E-state index in [2.05, 4.69) is 20.7 Å². The molecule has 5 atom stereocenters. The second kappa shape index (κ2) is 29.6. The number of aliphatic carboxylic acids is 4. The summed E-state index contributed by atoms with van der Waals surface area (Å²) in [6.45, 7) is 0.0437. The van der Waals surface area contributed by atoms with E-state index in [1.54, 1.807) is 6.26 Å². The van der Waals surface area contributed by atoms with E-state index in [1.165, 1.54) is 32.9 Å². The van der Waals surface area contributed by atoms with Crippen molar-refractivity contribution in [1.29, 1.82) is 0 Å². The second-order valence-electron chi connectivity index (χ2n) is 12.9. The molecule has 1 heterocycles. The molecule has 1 fully saturated rings. The van der Waals surface area contributed by atoms with Gasteiger partial charge in [-0.15, -0.1) is 11.8 Å². The molecule has 0 aliphatic carbocycles. The number of hydrogen-bond donors (Lipinski definition) is 7. The Balaban J connectivity index is 0.0000171. The summed E-state index contributed by atoms with van der Waals surface area (Å²) in [5.74, 6) is -8.55. The predicted octanol–water partition coefficient (Wildman–Crippen LogP) is -1.30. The Hall–Kier alpha value is -4.65. The van der Waals surface area contributed by atoms with Crippen molar-refractivity contribution in [3.8, 4) is 0 Å². The molecule has 0 aromatic rings. The van der Waals surface area contributed by atoms with E-state index in [4.69, 9.17) is 8.61 Å². The number of carboxylic acid groups (broad SMARTS) is 4. The molecule has 1 aliphatic heterocycles. The van der Waals surface area contributed by atoms with Crippen LogP contribution in [0.5, 0.6) is 0 Å². The summed E-state index contributed by atoms with van der Waals surface area (Å²) in [7, 11) is 3.85. The molecule has 0 aromatic carbocycles. The molecular weight excluding hydrogens is 927 g/mol. The van der Waals surface area contributed by atoms with Gasteiger partial charge in [-0.05, 0) is 32.6 Å². The normalized spacial score (nSPS) is 15.8. The molecule has 337 valence electrons. The number of carboxylic acids is 4. The number of amides is 6. The molecule has 1 rings (SSSR count). The van der Waals surface area contributed by atoms with Gasteiger partial charge in [-0.1, -0.05) is 6.42 Å². The van der Waals surface area contributed by atoms with Crippen LogP contribution in [0.4, 0.5) is 4.79 Å². The average molecular weight is 979 g/mol. The maximum atomic E-state index is 13.3. The van der Waals surface area contributed by atoms with E-state index in [1.807, 2.05) is 0 Å². The number of imide groups is 1. The number of ketones is 1. The third-order valence-electron chi connectivity index (χ3n) is 8.80. The first-order valence-corrected chi connectivity index (χ1v) is 21.2. The number of ether oxygens (including phenoxy) is 1. The molecule has 0 aromatic heterocycles. The molecule has 6 amide bonds. The van der Waals surface area contributed by atoms with Crippen LogP contribution < -0.4 is 16.0 Å². The van der Waals surface area contributed by atoms with Gasteiger partial charge < -0.3 is 46.0 Å². The van der Waals surface area contributed by atoms with Gasteiger partial charge in [0.05, 0.1) is 11.7 Å². The standard InChI is InChI=1S/C34H50N6O16S2.O.Tc/c1-35-20(29(48)38(2)22(14-28(46)47)30(49)39(3)23(17-57-4)33(53)54)10-9-19(42)8-6-5-7-13-40-26(43)15-24(31(40)50)58-16-21(32(51)52)36-34(55)37-25(56-18-41)11-12-27(44)45;;/h18,20-21,23-25,35H,5-17H2,1-4H3,(H5-,36,37,44,45,46,47,51,52,53,54,55);;/p+1/t20-,21-,23-,24?,25+;;/m0../s1/i;;1+1. The number of Topliss-reactive ketones (excluding diaryl/α,β-unsaturated/α-hetero) is 1. The van der Waals surface area contributed by atoms with Crippen molar-refractivity contribution in [3.05, 3.63) is 0 Å². The van der Waals surface area contributed by atoms with Gasteiger partial charge in [-0.25, -0.2) is 19.2 Å². The predicted molar refractivity (Wildman–Crippen MR) is 206 cm³/mol. The summed E-state index contributed by atoms with van der Waals surface area (Å²) in [5.41, 5.74) is -0.450.